The molecule has 0 saturated carbocycles. The van der Waals surface area contributed by atoms with E-state index in [-0.39, 0.29) is 11.9 Å². The van der Waals surface area contributed by atoms with Crippen LogP contribution in [0.1, 0.15) is 23.7 Å². The number of hydrogen-bond acceptors (Lipinski definition) is 3. The minimum atomic E-state index is -0.0911. The van der Waals surface area contributed by atoms with Gasteiger partial charge in [0.1, 0.15) is 0 Å². The van der Waals surface area contributed by atoms with Crippen molar-refractivity contribution in [2.45, 2.75) is 19.4 Å². The van der Waals surface area contributed by atoms with Crippen LogP contribution in [0.4, 0.5) is 10.5 Å². The van der Waals surface area contributed by atoms with Crippen LogP contribution in [0.2, 0.25) is 0 Å². The van der Waals surface area contributed by atoms with Gasteiger partial charge in [0, 0.05) is 50.0 Å². The van der Waals surface area contributed by atoms with Gasteiger partial charge in [0.2, 0.25) is 0 Å². The van der Waals surface area contributed by atoms with Gasteiger partial charge in [-0.15, -0.1) is 0 Å². The summed E-state index contributed by atoms with van der Waals surface area (Å²) in [5.74, 6) is 0.0348. The van der Waals surface area contributed by atoms with Gasteiger partial charge in [0.15, 0.2) is 0 Å². The van der Waals surface area contributed by atoms with Crippen LogP contribution in [0.3, 0.4) is 0 Å². The second-order valence-corrected chi connectivity index (χ2v) is 5.89. The van der Waals surface area contributed by atoms with Crippen molar-refractivity contribution in [2.75, 3.05) is 37.6 Å². The quantitative estimate of drug-likeness (QED) is 0.858. The Morgan fingerprint density at radius 2 is 2.14 bits per heavy atom. The van der Waals surface area contributed by atoms with Crippen molar-refractivity contribution in [1.29, 1.82) is 0 Å². The lowest BCUT2D eigenvalue weighted by molar-refractivity contribution is 0.0709. The molecule has 0 bridgehead atoms. The van der Waals surface area contributed by atoms with Gasteiger partial charge >= 0.3 is 6.03 Å². The maximum Gasteiger partial charge on any atom is 0.321 e. The molecule has 6 heteroatoms. The molecule has 1 atom stereocenters. The number of hydrogen-bond donors (Lipinski definition) is 2. The zero-order valence-corrected chi connectivity index (χ0v) is 12.8. The Hall–Kier alpha value is -2.08. The summed E-state index contributed by atoms with van der Waals surface area (Å²) in [4.78, 5) is 28.1. The molecule has 2 N–H and O–H groups in total. The highest BCUT2D eigenvalue weighted by atomic mass is 16.2. The van der Waals surface area contributed by atoms with Crippen LogP contribution in [-0.4, -0.2) is 55.6 Å². The first kappa shape index (κ1) is 14.8. The van der Waals surface area contributed by atoms with E-state index in [2.05, 4.69) is 17.6 Å². The number of rotatable bonds is 2. The minimum Gasteiger partial charge on any atom is -0.338 e. The van der Waals surface area contributed by atoms with Gasteiger partial charge < -0.3 is 15.5 Å². The van der Waals surface area contributed by atoms with Gasteiger partial charge in [-0.3, -0.25) is 9.69 Å². The van der Waals surface area contributed by atoms with E-state index in [1.807, 2.05) is 29.2 Å². The summed E-state index contributed by atoms with van der Waals surface area (Å²) in [5.41, 5.74) is 1.43. The molecule has 2 aliphatic heterocycles. The summed E-state index contributed by atoms with van der Waals surface area (Å²) in [7, 11) is 0. The largest absolute Gasteiger partial charge is 0.338 e. The Bertz CT molecular complexity index is 575. The van der Waals surface area contributed by atoms with Gasteiger partial charge in [-0.1, -0.05) is 6.07 Å². The van der Waals surface area contributed by atoms with E-state index in [4.69, 9.17) is 0 Å². The number of urea groups is 1. The third-order valence-electron chi connectivity index (χ3n) is 4.14. The van der Waals surface area contributed by atoms with Gasteiger partial charge in [0.25, 0.3) is 5.91 Å². The molecular formula is C16H22N4O2. The molecule has 1 aromatic rings. The predicted molar refractivity (Wildman–Crippen MR) is 85.2 cm³/mol. The van der Waals surface area contributed by atoms with Crippen LogP contribution in [0.15, 0.2) is 24.3 Å². The summed E-state index contributed by atoms with van der Waals surface area (Å²) in [5, 5.41) is 6.16. The number of nitrogens with one attached hydrogen (secondary N) is 2. The van der Waals surface area contributed by atoms with E-state index in [1.54, 1.807) is 4.90 Å². The van der Waals surface area contributed by atoms with Gasteiger partial charge in [-0.05, 0) is 31.5 Å². The number of anilines is 1. The van der Waals surface area contributed by atoms with E-state index in [1.165, 1.54) is 0 Å². The molecular weight excluding hydrogens is 280 g/mol. The van der Waals surface area contributed by atoms with E-state index in [9.17, 15) is 9.59 Å². The SMILES string of the molecule is C[C@H]1CN(C(=O)c2cccc(N3CCCNC3=O)c2)CCN1. The number of carbonyl (C=O) groups is 2. The van der Waals surface area contributed by atoms with Crippen LogP contribution in [0, 0.1) is 0 Å². The molecule has 3 amide bonds. The molecule has 2 aliphatic rings. The van der Waals surface area contributed by atoms with Crippen LogP contribution in [-0.2, 0) is 0 Å². The number of piperazine rings is 1. The molecule has 0 radical (unpaired) electrons. The number of carbonyl (C=O) groups excluding carboxylic acids is 2. The van der Waals surface area contributed by atoms with Crippen molar-refractivity contribution in [3.63, 3.8) is 0 Å². The Kier molecular flexibility index (Phi) is 4.29. The fraction of sp³-hybridized carbons (Fsp3) is 0.500. The van der Waals surface area contributed by atoms with Crippen molar-refractivity contribution in [3.8, 4) is 0 Å². The first-order valence-electron chi connectivity index (χ1n) is 7.83. The van der Waals surface area contributed by atoms with Crippen molar-refractivity contribution in [1.82, 2.24) is 15.5 Å². The van der Waals surface area contributed by atoms with E-state index in [0.29, 0.717) is 31.2 Å². The third-order valence-corrected chi connectivity index (χ3v) is 4.14. The summed E-state index contributed by atoms with van der Waals surface area (Å²) < 4.78 is 0. The molecule has 118 valence electrons. The maximum absolute atomic E-state index is 12.6. The smallest absolute Gasteiger partial charge is 0.321 e. The first-order chi connectivity index (χ1) is 10.6. The number of benzene rings is 1. The molecule has 2 fully saturated rings. The van der Waals surface area contributed by atoms with Crippen LogP contribution in [0.5, 0.6) is 0 Å². The summed E-state index contributed by atoms with van der Waals surface area (Å²) in [6.07, 6.45) is 0.916. The Balaban J connectivity index is 1.78. The standard InChI is InChI=1S/C16H22N4O2/c1-12-11-19(9-7-17-12)15(21)13-4-2-5-14(10-13)20-8-3-6-18-16(20)22/h2,4-5,10,12,17H,3,6-9,11H2,1H3,(H,18,22)/t12-/m0/s1. The number of nitrogens with zero attached hydrogens (tertiary/aromatic N) is 2. The highest BCUT2D eigenvalue weighted by molar-refractivity contribution is 5.98. The lowest BCUT2D eigenvalue weighted by atomic mass is 10.1. The summed E-state index contributed by atoms with van der Waals surface area (Å²) >= 11 is 0. The maximum atomic E-state index is 12.6. The molecule has 2 heterocycles. The fourth-order valence-electron chi connectivity index (χ4n) is 2.98. The zero-order valence-electron chi connectivity index (χ0n) is 12.8. The highest BCUT2D eigenvalue weighted by Gasteiger charge is 2.23. The predicted octanol–water partition coefficient (Wildman–Crippen LogP) is 1.04. The second-order valence-electron chi connectivity index (χ2n) is 5.89. The Morgan fingerprint density at radius 3 is 2.91 bits per heavy atom. The second kappa shape index (κ2) is 6.36. The average molecular weight is 302 g/mol. The fourth-order valence-corrected chi connectivity index (χ4v) is 2.98. The van der Waals surface area contributed by atoms with Crippen molar-refractivity contribution in [3.05, 3.63) is 29.8 Å². The minimum absolute atomic E-state index is 0.0348. The zero-order chi connectivity index (χ0) is 15.5. The first-order valence-corrected chi connectivity index (χ1v) is 7.83. The van der Waals surface area contributed by atoms with Crippen molar-refractivity contribution < 1.29 is 9.59 Å². The molecule has 2 saturated heterocycles. The van der Waals surface area contributed by atoms with Crippen LogP contribution >= 0.6 is 0 Å². The molecule has 0 unspecified atom stereocenters. The van der Waals surface area contributed by atoms with E-state index >= 15 is 0 Å². The van der Waals surface area contributed by atoms with Crippen molar-refractivity contribution in [2.24, 2.45) is 0 Å². The molecule has 0 aliphatic carbocycles. The molecule has 3 rings (SSSR count). The average Bonchev–Trinajstić information content (AvgIpc) is 2.55. The Morgan fingerprint density at radius 1 is 1.27 bits per heavy atom. The highest BCUT2D eigenvalue weighted by Crippen LogP contribution is 2.19. The molecule has 0 aromatic heterocycles. The topological polar surface area (TPSA) is 64.7 Å². The Labute approximate surface area is 130 Å². The van der Waals surface area contributed by atoms with Gasteiger partial charge in [0.05, 0.1) is 0 Å². The molecule has 6 nitrogen and oxygen atoms in total. The summed E-state index contributed by atoms with van der Waals surface area (Å²) in [6.45, 7) is 5.74. The molecule has 1 aromatic carbocycles. The van der Waals surface area contributed by atoms with Gasteiger partial charge in [-0.25, -0.2) is 4.79 Å². The molecule has 0 spiro atoms. The van der Waals surface area contributed by atoms with Gasteiger partial charge in [-0.2, -0.15) is 0 Å². The van der Waals surface area contributed by atoms with Crippen LogP contribution < -0.4 is 15.5 Å². The van der Waals surface area contributed by atoms with Crippen molar-refractivity contribution >= 4 is 17.6 Å². The lowest BCUT2D eigenvalue weighted by Crippen LogP contribution is -2.51. The van der Waals surface area contributed by atoms with E-state index in [0.717, 1.165) is 25.2 Å². The van der Waals surface area contributed by atoms with Crippen LogP contribution in [0.25, 0.3) is 0 Å². The van der Waals surface area contributed by atoms with E-state index < -0.39 is 0 Å². The number of amides is 3. The third kappa shape index (κ3) is 3.06. The lowest BCUT2D eigenvalue weighted by Gasteiger charge is -2.32. The summed E-state index contributed by atoms with van der Waals surface area (Å²) in [6, 6.07) is 7.58. The molecule has 22 heavy (non-hydrogen) atoms. The monoisotopic (exact) mass is 302 g/mol. The normalized spacial score (nSPS) is 22.4.